The monoisotopic (exact) mass is 582 g/mol. The van der Waals surface area contributed by atoms with E-state index in [4.69, 9.17) is 0 Å². The van der Waals surface area contributed by atoms with Crippen LogP contribution >= 0.6 is 0 Å². The van der Waals surface area contributed by atoms with E-state index >= 15 is 4.39 Å². The average molecular weight is 583 g/mol. The number of carbonyl (C=O) groups is 1. The van der Waals surface area contributed by atoms with Gasteiger partial charge in [-0.05, 0) is 55.2 Å². The molecule has 14 heteroatoms. The first-order valence-electron chi connectivity index (χ1n) is 12.7. The van der Waals surface area contributed by atoms with Gasteiger partial charge in [0, 0.05) is 18.7 Å². The van der Waals surface area contributed by atoms with Crippen molar-refractivity contribution in [3.05, 3.63) is 64.4 Å². The van der Waals surface area contributed by atoms with E-state index in [1.165, 1.54) is 26.0 Å². The Morgan fingerprint density at radius 2 is 1.82 bits per heavy atom. The number of alkyl halides is 3. The number of imidazole rings is 1. The van der Waals surface area contributed by atoms with E-state index in [9.17, 15) is 26.4 Å². The molecule has 1 aliphatic heterocycles. The Bertz CT molecular complexity index is 1600. The minimum absolute atomic E-state index is 0.00931. The van der Waals surface area contributed by atoms with E-state index in [1.54, 1.807) is 10.5 Å². The van der Waals surface area contributed by atoms with Crippen molar-refractivity contribution in [3.8, 4) is 0 Å². The number of benzene rings is 1. The van der Waals surface area contributed by atoms with Crippen LogP contribution in [0.15, 0.2) is 35.6 Å². The fourth-order valence-corrected chi connectivity index (χ4v) is 5.49. The number of nitrogens with one attached hydrogen (secondary N) is 1. The topological polar surface area (TPSA) is 99.4 Å². The predicted octanol–water partition coefficient (Wildman–Crippen LogP) is 4.52. The van der Waals surface area contributed by atoms with Crippen LogP contribution in [-0.4, -0.2) is 52.4 Å². The lowest BCUT2D eigenvalue weighted by Crippen LogP contribution is -2.52. The number of carbonyl (C=O) groups excluding carboxylic acids is 1. The molecule has 1 aromatic carbocycles. The number of hydrogen-bond donors (Lipinski definition) is 1. The molecule has 40 heavy (non-hydrogen) atoms. The molecule has 0 aliphatic carbocycles. The number of sulfonamides is 1. The molecule has 4 rings (SSSR count). The van der Waals surface area contributed by atoms with Gasteiger partial charge in [0.25, 0.3) is 5.91 Å². The number of hydrogen-bond acceptors (Lipinski definition) is 6. The molecule has 2 aromatic heterocycles. The second-order valence-corrected chi connectivity index (χ2v) is 11.7. The van der Waals surface area contributed by atoms with Crippen LogP contribution in [0.2, 0.25) is 0 Å². The number of rotatable bonds is 7. The zero-order chi connectivity index (χ0) is 29.6. The molecular formula is C26H30F4N6O3S. The first-order chi connectivity index (χ1) is 18.7. The maximum Gasteiger partial charge on any atom is 0.516 e. The highest BCUT2D eigenvalue weighted by molar-refractivity contribution is 7.90. The van der Waals surface area contributed by atoms with Crippen LogP contribution < -0.4 is 10.3 Å². The van der Waals surface area contributed by atoms with Gasteiger partial charge >= 0.3 is 15.5 Å². The summed E-state index contributed by atoms with van der Waals surface area (Å²) in [6, 6.07) is 6.06. The third-order valence-electron chi connectivity index (χ3n) is 6.69. The van der Waals surface area contributed by atoms with Crippen molar-refractivity contribution in [2.45, 2.75) is 53.1 Å². The third-order valence-corrected chi connectivity index (χ3v) is 8.22. The molecule has 3 heterocycles. The second kappa shape index (κ2) is 10.7. The number of amidine groups is 1. The predicted molar refractivity (Wildman–Crippen MR) is 143 cm³/mol. The lowest BCUT2D eigenvalue weighted by Gasteiger charge is -2.35. The summed E-state index contributed by atoms with van der Waals surface area (Å²) >= 11 is 0. The van der Waals surface area contributed by atoms with Crippen LogP contribution in [-0.2, 0) is 23.0 Å². The average Bonchev–Trinajstić information content (AvgIpc) is 3.23. The number of hydrazone groups is 1. The number of nitrogens with zero attached hydrogens (tertiary/aromatic N) is 5. The van der Waals surface area contributed by atoms with Crippen LogP contribution in [0.5, 0.6) is 0 Å². The van der Waals surface area contributed by atoms with E-state index in [0.717, 1.165) is 16.1 Å². The summed E-state index contributed by atoms with van der Waals surface area (Å²) in [5, 5.41) is 7.99. The zero-order valence-corrected chi connectivity index (χ0v) is 23.5. The summed E-state index contributed by atoms with van der Waals surface area (Å²) in [6.07, 6.45) is 2.40. The van der Waals surface area contributed by atoms with Crippen LogP contribution in [0.25, 0.3) is 5.65 Å². The number of amides is 1. The first-order valence-corrected chi connectivity index (χ1v) is 14.1. The Hall–Kier alpha value is -3.68. The molecule has 0 saturated carbocycles. The van der Waals surface area contributed by atoms with Gasteiger partial charge in [-0.25, -0.2) is 13.7 Å². The molecule has 0 saturated heterocycles. The Labute approximate surface area is 229 Å². The Kier molecular flexibility index (Phi) is 7.85. The largest absolute Gasteiger partial charge is 0.516 e. The Morgan fingerprint density at radius 3 is 2.42 bits per heavy atom. The highest BCUT2D eigenvalue weighted by atomic mass is 32.2. The number of anilines is 1. The van der Waals surface area contributed by atoms with Gasteiger partial charge in [0.05, 0.1) is 24.5 Å². The fourth-order valence-electron chi connectivity index (χ4n) is 4.43. The number of aryl methyl sites for hydroxylation is 3. The second-order valence-electron chi connectivity index (χ2n) is 9.86. The van der Waals surface area contributed by atoms with Crippen molar-refractivity contribution in [3.63, 3.8) is 0 Å². The molecule has 0 unspecified atom stereocenters. The normalized spacial score (nSPS) is 14.7. The molecule has 0 radical (unpaired) electrons. The minimum atomic E-state index is -5.64. The number of fused-ring (bicyclic) bond motifs is 1. The van der Waals surface area contributed by atoms with Crippen LogP contribution in [0.4, 0.5) is 23.2 Å². The Balaban J connectivity index is 1.54. The van der Waals surface area contributed by atoms with Crippen LogP contribution in [0.1, 0.15) is 53.6 Å². The Morgan fingerprint density at radius 1 is 1.12 bits per heavy atom. The maximum atomic E-state index is 15.1. The lowest BCUT2D eigenvalue weighted by atomic mass is 10.1. The van der Waals surface area contributed by atoms with Gasteiger partial charge in [-0.3, -0.25) is 14.2 Å². The maximum absolute atomic E-state index is 15.1. The highest BCUT2D eigenvalue weighted by Gasteiger charge is 2.52. The quantitative estimate of drug-likeness (QED) is 0.413. The molecule has 9 nitrogen and oxygen atoms in total. The van der Waals surface area contributed by atoms with Crippen molar-refractivity contribution >= 4 is 33.1 Å². The summed E-state index contributed by atoms with van der Waals surface area (Å²) < 4.78 is 80.6. The minimum Gasteiger partial charge on any atom is -0.347 e. The van der Waals surface area contributed by atoms with Gasteiger partial charge in [0.15, 0.2) is 0 Å². The molecule has 1 aliphatic rings. The molecule has 1 N–H and O–H groups in total. The summed E-state index contributed by atoms with van der Waals surface area (Å²) in [7, 11) is -5.64. The first kappa shape index (κ1) is 29.3. The van der Waals surface area contributed by atoms with Crippen molar-refractivity contribution < 1.29 is 30.8 Å². The molecular weight excluding hydrogens is 552 g/mol. The molecule has 0 atom stereocenters. The van der Waals surface area contributed by atoms with Crippen molar-refractivity contribution in [2.24, 2.45) is 11.0 Å². The van der Waals surface area contributed by atoms with Crippen LogP contribution in [0.3, 0.4) is 0 Å². The van der Waals surface area contributed by atoms with Gasteiger partial charge in [-0.15, -0.1) is 0 Å². The van der Waals surface area contributed by atoms with Gasteiger partial charge in [-0.2, -0.15) is 26.7 Å². The summed E-state index contributed by atoms with van der Waals surface area (Å²) in [5.41, 5.74) is -1.33. The molecule has 3 aromatic rings. The van der Waals surface area contributed by atoms with E-state index < -0.39 is 33.8 Å². The lowest BCUT2D eigenvalue weighted by molar-refractivity contribution is -0.0473. The van der Waals surface area contributed by atoms with Crippen molar-refractivity contribution in [1.82, 2.24) is 19.0 Å². The van der Waals surface area contributed by atoms with Crippen molar-refractivity contribution in [1.29, 1.82) is 0 Å². The van der Waals surface area contributed by atoms with E-state index in [0.29, 0.717) is 29.0 Å². The number of pyridine rings is 1. The van der Waals surface area contributed by atoms with Crippen molar-refractivity contribution in [2.75, 3.05) is 18.1 Å². The summed E-state index contributed by atoms with van der Waals surface area (Å²) in [5.74, 6) is -2.12. The van der Waals surface area contributed by atoms with Gasteiger partial charge in [0.1, 0.15) is 23.0 Å². The van der Waals surface area contributed by atoms with E-state index in [1.807, 2.05) is 33.0 Å². The number of aromatic nitrogens is 2. The van der Waals surface area contributed by atoms with Gasteiger partial charge in [-0.1, -0.05) is 26.8 Å². The zero-order valence-electron chi connectivity index (χ0n) is 22.7. The van der Waals surface area contributed by atoms with E-state index in [2.05, 4.69) is 15.4 Å². The SMILES string of the molecule is CCc1nc2cc(C)c(C)cn2c1C(=O)NCc1ccc(N2CCN(S(=O)(=O)C(F)(F)F)C(C(C)C)=N2)c(F)c1. The summed E-state index contributed by atoms with van der Waals surface area (Å²) in [6.45, 7) is 7.98. The molecule has 0 bridgehead atoms. The molecule has 0 spiro atoms. The molecule has 1 amide bonds. The standard InChI is InChI=1S/C26H30F4N6O3S/c1-6-20-23(34-14-17(5)16(4)11-22(34)32-20)25(37)31-13-18-7-8-21(19(27)12-18)35-9-10-36(24(33-35)15(2)3)40(38,39)26(28,29)30/h7-8,11-12,14-15H,6,9-10,13H2,1-5H3,(H,31,37). The summed E-state index contributed by atoms with van der Waals surface area (Å²) in [4.78, 5) is 17.7. The smallest absolute Gasteiger partial charge is 0.347 e. The fraction of sp³-hybridized carbons (Fsp3) is 0.423. The highest BCUT2D eigenvalue weighted by Crippen LogP contribution is 2.31. The van der Waals surface area contributed by atoms with Crippen LogP contribution in [0, 0.1) is 25.6 Å². The van der Waals surface area contributed by atoms with E-state index in [-0.39, 0.29) is 34.8 Å². The van der Waals surface area contributed by atoms with Gasteiger partial charge < -0.3 is 5.32 Å². The molecule has 216 valence electrons. The van der Waals surface area contributed by atoms with Gasteiger partial charge in [0.2, 0.25) is 0 Å². The molecule has 0 fully saturated rings. The third kappa shape index (κ3) is 5.36. The number of halogens is 4.